The minimum atomic E-state index is -0.908. The molecule has 0 atom stereocenters. The maximum Gasteiger partial charge on any atom is 0.397 e. The Morgan fingerprint density at radius 1 is 1.17 bits per heavy atom. The molecule has 2 aromatic carbocycles. The second-order valence-corrected chi connectivity index (χ2v) is 5.60. The molecule has 3 aromatic rings. The van der Waals surface area contributed by atoms with Crippen LogP contribution in [0.1, 0.15) is 6.92 Å². The van der Waals surface area contributed by atoms with Crippen molar-refractivity contribution in [2.75, 3.05) is 11.9 Å². The van der Waals surface area contributed by atoms with Gasteiger partial charge in [0.2, 0.25) is 0 Å². The smallest absolute Gasteiger partial charge is 0.397 e. The molecule has 1 N–H and O–H groups in total. The number of esters is 1. The molecule has 0 aliphatic carbocycles. The molecule has 23 heavy (non-hydrogen) atoms. The summed E-state index contributed by atoms with van der Waals surface area (Å²) in [5, 5.41) is 6.88. The summed E-state index contributed by atoms with van der Waals surface area (Å²) < 4.78 is 4.65. The minimum absolute atomic E-state index is 0.158. The summed E-state index contributed by atoms with van der Waals surface area (Å²) in [6.07, 6.45) is 0. The van der Waals surface area contributed by atoms with E-state index in [-0.39, 0.29) is 6.61 Å². The molecule has 0 radical (unpaired) electrons. The highest BCUT2D eigenvalue weighted by Crippen LogP contribution is 2.30. The average Bonchev–Trinajstić information content (AvgIpc) is 3.02. The molecule has 0 saturated carbocycles. The maximum atomic E-state index is 11.6. The number of benzene rings is 2. The van der Waals surface area contributed by atoms with Gasteiger partial charge >= 0.3 is 11.9 Å². The van der Waals surface area contributed by atoms with Crippen LogP contribution in [0.3, 0.4) is 0 Å². The first-order valence-corrected chi connectivity index (χ1v) is 7.98. The predicted octanol–water partition coefficient (Wildman–Crippen LogP) is 3.46. The largest absolute Gasteiger partial charge is 0.459 e. The molecule has 0 spiro atoms. The van der Waals surface area contributed by atoms with Crippen LogP contribution in [0, 0.1) is 0 Å². The van der Waals surface area contributed by atoms with Gasteiger partial charge in [-0.15, -0.1) is 11.3 Å². The molecule has 0 unspecified atom stereocenters. The van der Waals surface area contributed by atoms with Crippen LogP contribution >= 0.6 is 11.3 Å². The van der Waals surface area contributed by atoms with Crippen molar-refractivity contribution in [3.05, 3.63) is 47.8 Å². The van der Waals surface area contributed by atoms with Crippen molar-refractivity contribution in [1.29, 1.82) is 0 Å². The molecule has 1 aromatic heterocycles. The number of carbonyl (C=O) groups excluding carboxylic acids is 2. The zero-order chi connectivity index (χ0) is 16.2. The average molecular weight is 326 g/mol. The molecular formula is C17H14N2O3S. The summed E-state index contributed by atoms with van der Waals surface area (Å²) in [5.41, 5.74) is 1.74. The number of carbonyl (C=O) groups is 2. The number of rotatable bonds is 3. The second-order valence-electron chi connectivity index (χ2n) is 4.74. The molecule has 0 fully saturated rings. The highest BCUT2D eigenvalue weighted by atomic mass is 32.1. The van der Waals surface area contributed by atoms with Gasteiger partial charge in [0.05, 0.1) is 12.3 Å². The van der Waals surface area contributed by atoms with Crippen LogP contribution in [-0.2, 0) is 14.3 Å². The van der Waals surface area contributed by atoms with Gasteiger partial charge in [0.1, 0.15) is 0 Å². The number of ether oxygens (including phenoxy) is 1. The van der Waals surface area contributed by atoms with Crippen LogP contribution in [0.15, 0.2) is 47.8 Å². The van der Waals surface area contributed by atoms with Gasteiger partial charge in [-0.05, 0) is 17.7 Å². The molecule has 1 amide bonds. The number of aromatic nitrogens is 1. The van der Waals surface area contributed by atoms with Crippen molar-refractivity contribution in [2.24, 2.45) is 0 Å². The summed E-state index contributed by atoms with van der Waals surface area (Å²) in [4.78, 5) is 27.4. The summed E-state index contributed by atoms with van der Waals surface area (Å²) in [6, 6.07) is 14.0. The zero-order valence-corrected chi connectivity index (χ0v) is 13.2. The van der Waals surface area contributed by atoms with Gasteiger partial charge in [-0.25, -0.2) is 9.78 Å². The lowest BCUT2D eigenvalue weighted by molar-refractivity contribution is -0.152. The molecule has 5 nitrogen and oxygen atoms in total. The standard InChI is InChI=1S/C17H14N2O3S/c1-2-22-16(21)15(20)19-17-18-14(10-23-17)13-9-5-7-11-6-3-4-8-12(11)13/h3-10H,2H2,1H3,(H,18,19,20). The van der Waals surface area contributed by atoms with E-state index in [9.17, 15) is 9.59 Å². The van der Waals surface area contributed by atoms with E-state index in [1.807, 2.05) is 47.8 Å². The fraction of sp³-hybridized carbons (Fsp3) is 0.118. The predicted molar refractivity (Wildman–Crippen MR) is 90.3 cm³/mol. The molecule has 3 rings (SSSR count). The van der Waals surface area contributed by atoms with Gasteiger partial charge in [-0.1, -0.05) is 42.5 Å². The van der Waals surface area contributed by atoms with E-state index in [4.69, 9.17) is 0 Å². The first-order chi connectivity index (χ1) is 11.2. The third-order valence-electron chi connectivity index (χ3n) is 3.25. The number of thiazole rings is 1. The Kier molecular flexibility index (Phi) is 4.34. The Hall–Kier alpha value is -2.73. The molecule has 0 saturated heterocycles. The lowest BCUT2D eigenvalue weighted by Gasteiger charge is -2.03. The fourth-order valence-electron chi connectivity index (χ4n) is 2.25. The third-order valence-corrected chi connectivity index (χ3v) is 4.01. The van der Waals surface area contributed by atoms with Crippen molar-refractivity contribution in [3.63, 3.8) is 0 Å². The minimum Gasteiger partial charge on any atom is -0.459 e. The first-order valence-electron chi connectivity index (χ1n) is 7.11. The summed E-state index contributed by atoms with van der Waals surface area (Å²) in [5.74, 6) is -1.72. The number of nitrogens with one attached hydrogen (secondary N) is 1. The summed E-state index contributed by atoms with van der Waals surface area (Å²) >= 11 is 1.27. The molecular weight excluding hydrogens is 312 g/mol. The number of fused-ring (bicyclic) bond motifs is 1. The fourth-order valence-corrected chi connectivity index (χ4v) is 2.95. The van der Waals surface area contributed by atoms with Crippen molar-refractivity contribution >= 4 is 39.1 Å². The van der Waals surface area contributed by atoms with E-state index >= 15 is 0 Å². The van der Waals surface area contributed by atoms with Crippen molar-refractivity contribution in [3.8, 4) is 11.3 Å². The zero-order valence-electron chi connectivity index (χ0n) is 12.4. The van der Waals surface area contributed by atoms with Crippen molar-refractivity contribution in [1.82, 2.24) is 4.98 Å². The van der Waals surface area contributed by atoms with E-state index in [0.29, 0.717) is 5.13 Å². The van der Waals surface area contributed by atoms with Gasteiger partial charge in [0, 0.05) is 10.9 Å². The Balaban J connectivity index is 1.87. The monoisotopic (exact) mass is 326 g/mol. The number of amides is 1. The molecule has 0 aliphatic heterocycles. The SMILES string of the molecule is CCOC(=O)C(=O)Nc1nc(-c2cccc3ccccc23)cs1. The van der Waals surface area contributed by atoms with Crippen molar-refractivity contribution in [2.45, 2.75) is 6.92 Å². The lowest BCUT2D eigenvalue weighted by Crippen LogP contribution is -2.24. The number of hydrogen-bond acceptors (Lipinski definition) is 5. The second kappa shape index (κ2) is 6.58. The highest BCUT2D eigenvalue weighted by molar-refractivity contribution is 7.14. The summed E-state index contributed by atoms with van der Waals surface area (Å²) in [6.45, 7) is 1.80. The molecule has 116 valence electrons. The summed E-state index contributed by atoms with van der Waals surface area (Å²) in [7, 11) is 0. The maximum absolute atomic E-state index is 11.6. The number of nitrogens with zero attached hydrogens (tertiary/aromatic N) is 1. The quantitative estimate of drug-likeness (QED) is 0.591. The van der Waals surface area contributed by atoms with E-state index in [2.05, 4.69) is 15.0 Å². The molecule has 1 heterocycles. The van der Waals surface area contributed by atoms with Gasteiger partial charge in [-0.3, -0.25) is 10.1 Å². The van der Waals surface area contributed by atoms with Crippen LogP contribution in [0.4, 0.5) is 5.13 Å². The number of hydrogen-bond donors (Lipinski definition) is 1. The van der Waals surface area contributed by atoms with Crippen molar-refractivity contribution < 1.29 is 14.3 Å². The highest BCUT2D eigenvalue weighted by Gasteiger charge is 2.17. The van der Waals surface area contributed by atoms with E-state index < -0.39 is 11.9 Å². The van der Waals surface area contributed by atoms with E-state index in [1.54, 1.807) is 6.92 Å². The molecule has 6 heteroatoms. The van der Waals surface area contributed by atoms with Gasteiger partial charge in [0.25, 0.3) is 0 Å². The topological polar surface area (TPSA) is 68.3 Å². The van der Waals surface area contributed by atoms with E-state index in [1.165, 1.54) is 11.3 Å². The Labute approximate surface area is 136 Å². The molecule has 0 bridgehead atoms. The third kappa shape index (κ3) is 3.22. The van der Waals surface area contributed by atoms with Crippen LogP contribution in [0.25, 0.3) is 22.0 Å². The van der Waals surface area contributed by atoms with Crippen LogP contribution < -0.4 is 5.32 Å². The van der Waals surface area contributed by atoms with Crippen LogP contribution in [0.2, 0.25) is 0 Å². The Morgan fingerprint density at radius 2 is 1.96 bits per heavy atom. The van der Waals surface area contributed by atoms with E-state index in [0.717, 1.165) is 22.0 Å². The Bertz CT molecular complexity index is 868. The van der Waals surface area contributed by atoms with Crippen LogP contribution in [0.5, 0.6) is 0 Å². The lowest BCUT2D eigenvalue weighted by atomic mass is 10.0. The Morgan fingerprint density at radius 3 is 2.78 bits per heavy atom. The first kappa shape index (κ1) is 15.2. The van der Waals surface area contributed by atoms with Crippen LogP contribution in [-0.4, -0.2) is 23.5 Å². The number of anilines is 1. The molecule has 0 aliphatic rings. The normalized spacial score (nSPS) is 10.5. The van der Waals surface area contributed by atoms with Gasteiger partial charge < -0.3 is 4.74 Å². The van der Waals surface area contributed by atoms with Gasteiger partial charge in [0.15, 0.2) is 5.13 Å². The van der Waals surface area contributed by atoms with Gasteiger partial charge in [-0.2, -0.15) is 0 Å².